The van der Waals surface area contributed by atoms with Gasteiger partial charge in [0.2, 0.25) is 0 Å². The van der Waals surface area contributed by atoms with Crippen molar-refractivity contribution < 1.29 is 18.3 Å². The fourth-order valence-electron chi connectivity index (χ4n) is 2.49. The summed E-state index contributed by atoms with van der Waals surface area (Å²) in [7, 11) is 0. The first-order valence-electron chi connectivity index (χ1n) is 8.65. The van der Waals surface area contributed by atoms with Crippen molar-refractivity contribution in [1.29, 1.82) is 5.26 Å². The number of amides is 1. The van der Waals surface area contributed by atoms with Gasteiger partial charge in [-0.2, -0.15) is 5.26 Å². The van der Waals surface area contributed by atoms with Gasteiger partial charge in [-0.25, -0.2) is 4.39 Å². The maximum Gasteiger partial charge on any atom is 0.262 e. The van der Waals surface area contributed by atoms with Crippen LogP contribution in [0, 0.1) is 17.1 Å². The molecule has 0 atom stereocenters. The highest BCUT2D eigenvalue weighted by Gasteiger charge is 2.11. The molecule has 0 unspecified atom stereocenters. The summed E-state index contributed by atoms with van der Waals surface area (Å²) in [6, 6.07) is 16.8. The largest absolute Gasteiger partial charge is 0.488 e. The van der Waals surface area contributed by atoms with Crippen molar-refractivity contribution >= 4 is 27.9 Å². The first-order chi connectivity index (χ1) is 14.1. The van der Waals surface area contributed by atoms with Gasteiger partial charge in [0.25, 0.3) is 5.91 Å². The number of benzene rings is 2. The lowest BCUT2D eigenvalue weighted by atomic mass is 10.1. The number of nitrogens with zero attached hydrogens (tertiary/aromatic N) is 1. The normalized spacial score (nSPS) is 11.0. The van der Waals surface area contributed by atoms with Gasteiger partial charge in [-0.05, 0) is 57.9 Å². The van der Waals surface area contributed by atoms with Gasteiger partial charge in [0, 0.05) is 5.56 Å². The summed E-state index contributed by atoms with van der Waals surface area (Å²) in [5, 5.41) is 11.9. The molecule has 0 fully saturated rings. The van der Waals surface area contributed by atoms with Gasteiger partial charge in [-0.3, -0.25) is 4.79 Å². The number of carbonyl (C=O) groups excluding carboxylic acids is 1. The predicted molar refractivity (Wildman–Crippen MR) is 109 cm³/mol. The number of furan rings is 1. The van der Waals surface area contributed by atoms with Gasteiger partial charge in [-0.15, -0.1) is 0 Å². The number of nitriles is 1. The van der Waals surface area contributed by atoms with E-state index in [1.807, 2.05) is 6.07 Å². The second kappa shape index (κ2) is 9.71. The van der Waals surface area contributed by atoms with Crippen LogP contribution in [0.5, 0.6) is 5.75 Å². The fourth-order valence-corrected chi connectivity index (χ4v) is 3.00. The molecule has 0 aliphatic heterocycles. The Bertz CT molecular complexity index is 1070. The van der Waals surface area contributed by atoms with Crippen LogP contribution in [-0.4, -0.2) is 5.91 Å². The van der Waals surface area contributed by atoms with Crippen LogP contribution in [0.15, 0.2) is 75.3 Å². The zero-order valence-electron chi connectivity index (χ0n) is 15.2. The zero-order chi connectivity index (χ0) is 20.6. The van der Waals surface area contributed by atoms with E-state index in [1.54, 1.807) is 48.5 Å². The first kappa shape index (κ1) is 20.4. The average molecular weight is 455 g/mol. The SMILES string of the molecule is N#C/C(=C\c1ccc(OCc2ccccc2F)c(Br)c1)C(=O)NCc1ccco1. The van der Waals surface area contributed by atoms with Crippen molar-refractivity contribution in [3.8, 4) is 11.8 Å². The summed E-state index contributed by atoms with van der Waals surface area (Å²) in [6.07, 6.45) is 2.98. The van der Waals surface area contributed by atoms with Crippen LogP contribution in [0.2, 0.25) is 0 Å². The molecule has 3 aromatic rings. The standard InChI is InChI=1S/C22H16BrFN2O3/c23-19-11-15(7-8-21(19)29-14-16-4-1-2-6-20(16)24)10-17(12-25)22(27)26-13-18-5-3-9-28-18/h1-11H,13-14H2,(H,26,27)/b17-10+. The van der Waals surface area contributed by atoms with Gasteiger partial charge in [0.15, 0.2) is 0 Å². The summed E-state index contributed by atoms with van der Waals surface area (Å²) < 4.78 is 25.1. The third-order valence-electron chi connectivity index (χ3n) is 3.98. The molecule has 0 bridgehead atoms. The minimum Gasteiger partial charge on any atom is -0.488 e. The summed E-state index contributed by atoms with van der Waals surface area (Å²) in [6.45, 7) is 0.274. The Morgan fingerprint density at radius 2 is 2.07 bits per heavy atom. The van der Waals surface area contributed by atoms with Crippen molar-refractivity contribution in [2.45, 2.75) is 13.2 Å². The van der Waals surface area contributed by atoms with Crippen LogP contribution >= 0.6 is 15.9 Å². The molecule has 1 amide bonds. The molecule has 0 spiro atoms. The summed E-state index contributed by atoms with van der Waals surface area (Å²) in [5.74, 6) is 0.281. The molecule has 0 radical (unpaired) electrons. The van der Waals surface area contributed by atoms with Gasteiger partial charge in [-0.1, -0.05) is 24.3 Å². The van der Waals surface area contributed by atoms with Crippen molar-refractivity contribution in [1.82, 2.24) is 5.32 Å². The van der Waals surface area contributed by atoms with Crippen LogP contribution in [0.1, 0.15) is 16.9 Å². The van der Waals surface area contributed by atoms with Crippen LogP contribution in [-0.2, 0) is 17.9 Å². The highest BCUT2D eigenvalue weighted by Crippen LogP contribution is 2.28. The maximum absolute atomic E-state index is 13.7. The molecule has 1 N–H and O–H groups in total. The zero-order valence-corrected chi connectivity index (χ0v) is 16.8. The van der Waals surface area contributed by atoms with Crippen LogP contribution < -0.4 is 10.1 Å². The Morgan fingerprint density at radius 3 is 2.76 bits per heavy atom. The summed E-state index contributed by atoms with van der Waals surface area (Å²) >= 11 is 3.40. The Labute approximate surface area is 175 Å². The minimum absolute atomic E-state index is 0.0384. The van der Waals surface area contributed by atoms with Crippen LogP contribution in [0.25, 0.3) is 6.08 Å². The van der Waals surface area contributed by atoms with E-state index < -0.39 is 5.91 Å². The molecule has 7 heteroatoms. The number of halogens is 2. The highest BCUT2D eigenvalue weighted by molar-refractivity contribution is 9.10. The third kappa shape index (κ3) is 5.56. The smallest absolute Gasteiger partial charge is 0.262 e. The predicted octanol–water partition coefficient (Wildman–Crippen LogP) is 4.98. The molecule has 146 valence electrons. The van der Waals surface area contributed by atoms with Gasteiger partial charge >= 0.3 is 0 Å². The van der Waals surface area contributed by atoms with E-state index in [0.29, 0.717) is 27.1 Å². The number of nitrogens with one attached hydrogen (secondary N) is 1. The Kier molecular flexibility index (Phi) is 6.82. The van der Waals surface area contributed by atoms with E-state index in [2.05, 4.69) is 21.2 Å². The molecular formula is C22H16BrFN2O3. The fraction of sp³-hybridized carbons (Fsp3) is 0.0909. The highest BCUT2D eigenvalue weighted by atomic mass is 79.9. The van der Waals surface area contributed by atoms with Crippen molar-refractivity contribution in [2.75, 3.05) is 0 Å². The second-order valence-corrected chi connectivity index (χ2v) is 6.86. The van der Waals surface area contributed by atoms with Gasteiger partial charge in [0.1, 0.15) is 35.6 Å². The first-order valence-corrected chi connectivity index (χ1v) is 9.44. The molecule has 1 heterocycles. The molecule has 0 aliphatic rings. The van der Waals surface area contributed by atoms with Gasteiger partial charge < -0.3 is 14.5 Å². The van der Waals surface area contributed by atoms with Crippen molar-refractivity contribution in [3.63, 3.8) is 0 Å². The van der Waals surface area contributed by atoms with E-state index in [1.165, 1.54) is 18.4 Å². The number of ether oxygens (including phenoxy) is 1. The molecule has 29 heavy (non-hydrogen) atoms. The van der Waals surface area contributed by atoms with E-state index in [9.17, 15) is 14.4 Å². The molecule has 3 rings (SSSR count). The maximum atomic E-state index is 13.7. The monoisotopic (exact) mass is 454 g/mol. The Hall–Kier alpha value is -3.37. The topological polar surface area (TPSA) is 75.3 Å². The Balaban J connectivity index is 1.66. The summed E-state index contributed by atoms with van der Waals surface area (Å²) in [4.78, 5) is 12.2. The lowest BCUT2D eigenvalue weighted by Crippen LogP contribution is -2.23. The van der Waals surface area contributed by atoms with E-state index in [4.69, 9.17) is 9.15 Å². The van der Waals surface area contributed by atoms with E-state index in [-0.39, 0.29) is 24.5 Å². The third-order valence-corrected chi connectivity index (χ3v) is 4.60. The van der Waals surface area contributed by atoms with E-state index in [0.717, 1.165) is 0 Å². The lowest BCUT2D eigenvalue weighted by Gasteiger charge is -2.10. The van der Waals surface area contributed by atoms with Crippen LogP contribution in [0.4, 0.5) is 4.39 Å². The molecule has 0 saturated heterocycles. The summed E-state index contributed by atoms with van der Waals surface area (Å²) in [5.41, 5.74) is 1.05. The molecule has 1 aromatic heterocycles. The molecular weight excluding hydrogens is 439 g/mol. The van der Waals surface area contributed by atoms with Crippen molar-refractivity contribution in [2.24, 2.45) is 0 Å². The molecule has 0 saturated carbocycles. The molecule has 0 aliphatic carbocycles. The molecule has 5 nitrogen and oxygen atoms in total. The average Bonchev–Trinajstić information content (AvgIpc) is 3.24. The van der Waals surface area contributed by atoms with Crippen molar-refractivity contribution in [3.05, 3.63) is 93.6 Å². The number of carbonyl (C=O) groups is 1. The Morgan fingerprint density at radius 1 is 1.24 bits per heavy atom. The lowest BCUT2D eigenvalue weighted by molar-refractivity contribution is -0.117. The van der Waals surface area contributed by atoms with E-state index >= 15 is 0 Å². The molecule has 2 aromatic carbocycles. The minimum atomic E-state index is -0.500. The van der Waals surface area contributed by atoms with Gasteiger partial charge in [0.05, 0.1) is 17.3 Å². The quantitative estimate of drug-likeness (QED) is 0.403. The number of hydrogen-bond donors (Lipinski definition) is 1. The second-order valence-electron chi connectivity index (χ2n) is 6.00. The number of hydrogen-bond acceptors (Lipinski definition) is 4. The van der Waals surface area contributed by atoms with Crippen LogP contribution in [0.3, 0.4) is 0 Å². The number of rotatable bonds is 7.